The maximum atomic E-state index is 12.6. The second kappa shape index (κ2) is 11.4. The van der Waals surface area contributed by atoms with Crippen LogP contribution in [-0.2, 0) is 11.4 Å². The van der Waals surface area contributed by atoms with E-state index < -0.39 is 5.91 Å². The summed E-state index contributed by atoms with van der Waals surface area (Å²) in [6, 6.07) is 19.5. The maximum Gasteiger partial charge on any atom is 0.266 e. The van der Waals surface area contributed by atoms with Gasteiger partial charge in [-0.05, 0) is 73.8 Å². The van der Waals surface area contributed by atoms with Gasteiger partial charge < -0.3 is 10.1 Å². The third kappa shape index (κ3) is 6.16. The second-order valence-corrected chi connectivity index (χ2v) is 9.09. The maximum absolute atomic E-state index is 12.6. The molecule has 0 heterocycles. The molecule has 0 unspecified atom stereocenters. The van der Waals surface area contributed by atoms with Crippen molar-refractivity contribution in [3.8, 4) is 17.9 Å². The van der Waals surface area contributed by atoms with E-state index in [0.29, 0.717) is 31.5 Å². The summed E-state index contributed by atoms with van der Waals surface area (Å²) in [5, 5.41) is 21.8. The average molecular weight is 606 g/mol. The number of hydrogen-bond donors (Lipinski definition) is 1. The van der Waals surface area contributed by atoms with Gasteiger partial charge in [-0.2, -0.15) is 10.5 Å². The minimum Gasteiger partial charge on any atom is -0.486 e. The molecule has 5 nitrogen and oxygen atoms in total. The summed E-state index contributed by atoms with van der Waals surface area (Å²) in [5.41, 5.74) is 2.06. The zero-order chi connectivity index (χ0) is 24.0. The van der Waals surface area contributed by atoms with Gasteiger partial charge in [0.15, 0.2) is 0 Å². The SMILES string of the molecule is N#C/C(=C/c1cc(Br)c(OCc2ccccc2C#N)c(Br)c1)C(=O)Nc1cccc(Cl)c1Cl. The number of carbonyl (C=O) groups is 1. The summed E-state index contributed by atoms with van der Waals surface area (Å²) in [7, 11) is 0. The molecule has 0 aliphatic heterocycles. The van der Waals surface area contributed by atoms with Gasteiger partial charge in [0, 0.05) is 5.56 Å². The molecule has 0 atom stereocenters. The van der Waals surface area contributed by atoms with Crippen molar-refractivity contribution in [2.75, 3.05) is 5.32 Å². The Morgan fingerprint density at radius 3 is 2.42 bits per heavy atom. The van der Waals surface area contributed by atoms with Crippen LogP contribution in [0.1, 0.15) is 16.7 Å². The highest BCUT2D eigenvalue weighted by Gasteiger charge is 2.15. The molecular formula is C24H13Br2Cl2N3O2. The summed E-state index contributed by atoms with van der Waals surface area (Å²) in [6.45, 7) is 0.197. The lowest BCUT2D eigenvalue weighted by molar-refractivity contribution is -0.112. The zero-order valence-electron chi connectivity index (χ0n) is 16.7. The number of nitrogens with zero attached hydrogens (tertiary/aromatic N) is 2. The fourth-order valence-electron chi connectivity index (χ4n) is 2.81. The standard InChI is InChI=1S/C24H13Br2Cl2N3O2/c25-18-9-14(8-17(12-30)24(32)31-21-7-3-6-20(27)22(21)28)10-19(26)23(18)33-13-16-5-2-1-4-15(16)11-29/h1-10H,13H2,(H,31,32)/b17-8-. The van der Waals surface area contributed by atoms with Crippen LogP contribution in [0.4, 0.5) is 5.69 Å². The summed E-state index contributed by atoms with van der Waals surface area (Å²) in [4.78, 5) is 12.6. The van der Waals surface area contributed by atoms with Gasteiger partial charge in [-0.15, -0.1) is 0 Å². The molecule has 1 amide bonds. The smallest absolute Gasteiger partial charge is 0.266 e. The Bertz CT molecular complexity index is 1320. The van der Waals surface area contributed by atoms with Gasteiger partial charge >= 0.3 is 0 Å². The fourth-order valence-corrected chi connectivity index (χ4v) is 4.61. The molecule has 3 aromatic carbocycles. The van der Waals surface area contributed by atoms with Crippen molar-refractivity contribution in [3.63, 3.8) is 0 Å². The van der Waals surface area contributed by atoms with E-state index in [9.17, 15) is 15.3 Å². The zero-order valence-corrected chi connectivity index (χ0v) is 21.4. The van der Waals surface area contributed by atoms with E-state index in [-0.39, 0.29) is 22.2 Å². The number of nitriles is 2. The van der Waals surface area contributed by atoms with Crippen molar-refractivity contribution >= 4 is 72.7 Å². The van der Waals surface area contributed by atoms with Crippen molar-refractivity contribution in [1.82, 2.24) is 0 Å². The molecule has 0 saturated carbocycles. The number of hydrogen-bond acceptors (Lipinski definition) is 4. The van der Waals surface area contributed by atoms with E-state index >= 15 is 0 Å². The first kappa shape index (κ1) is 24.8. The number of nitrogens with one attached hydrogen (secondary N) is 1. The lowest BCUT2D eigenvalue weighted by Crippen LogP contribution is -2.13. The van der Waals surface area contributed by atoms with Gasteiger partial charge in [-0.3, -0.25) is 4.79 Å². The Morgan fingerprint density at radius 2 is 1.76 bits per heavy atom. The van der Waals surface area contributed by atoms with Crippen molar-refractivity contribution in [3.05, 3.63) is 95.9 Å². The van der Waals surface area contributed by atoms with Crippen LogP contribution in [0.15, 0.2) is 69.1 Å². The molecule has 9 heteroatoms. The van der Waals surface area contributed by atoms with Crippen LogP contribution in [0, 0.1) is 22.7 Å². The molecule has 0 saturated heterocycles. The third-order valence-electron chi connectivity index (χ3n) is 4.41. The lowest BCUT2D eigenvalue weighted by atomic mass is 10.1. The first-order valence-corrected chi connectivity index (χ1v) is 11.6. The molecule has 0 aliphatic carbocycles. The topological polar surface area (TPSA) is 85.9 Å². The molecule has 33 heavy (non-hydrogen) atoms. The number of carbonyl (C=O) groups excluding carboxylic acids is 1. The van der Waals surface area contributed by atoms with Crippen molar-refractivity contribution in [2.24, 2.45) is 0 Å². The molecule has 0 aromatic heterocycles. The average Bonchev–Trinajstić information content (AvgIpc) is 2.80. The van der Waals surface area contributed by atoms with Crippen LogP contribution in [0.5, 0.6) is 5.75 Å². The highest BCUT2D eigenvalue weighted by atomic mass is 79.9. The van der Waals surface area contributed by atoms with E-state index in [1.165, 1.54) is 6.08 Å². The molecule has 3 rings (SSSR count). The number of benzene rings is 3. The molecular weight excluding hydrogens is 593 g/mol. The van der Waals surface area contributed by atoms with Crippen molar-refractivity contribution < 1.29 is 9.53 Å². The first-order chi connectivity index (χ1) is 15.8. The number of ether oxygens (including phenoxy) is 1. The van der Waals surface area contributed by atoms with Gasteiger partial charge in [-0.25, -0.2) is 0 Å². The number of anilines is 1. The normalized spacial score (nSPS) is 10.8. The van der Waals surface area contributed by atoms with E-state index in [1.807, 2.05) is 18.2 Å². The molecule has 0 bridgehead atoms. The summed E-state index contributed by atoms with van der Waals surface area (Å²) in [5.74, 6) is -0.101. The van der Waals surface area contributed by atoms with E-state index in [1.54, 1.807) is 42.5 Å². The van der Waals surface area contributed by atoms with Gasteiger partial charge in [0.1, 0.15) is 24.0 Å². The molecule has 0 spiro atoms. The molecule has 0 radical (unpaired) electrons. The first-order valence-electron chi connectivity index (χ1n) is 9.31. The largest absolute Gasteiger partial charge is 0.486 e. The van der Waals surface area contributed by atoms with Gasteiger partial charge in [0.2, 0.25) is 0 Å². The predicted molar refractivity (Wildman–Crippen MR) is 136 cm³/mol. The van der Waals surface area contributed by atoms with Crippen molar-refractivity contribution in [2.45, 2.75) is 6.61 Å². The van der Waals surface area contributed by atoms with Crippen molar-refractivity contribution in [1.29, 1.82) is 10.5 Å². The Labute approximate surface area is 217 Å². The highest BCUT2D eigenvalue weighted by molar-refractivity contribution is 9.11. The quantitative estimate of drug-likeness (QED) is 0.233. The summed E-state index contributed by atoms with van der Waals surface area (Å²) in [6.07, 6.45) is 1.44. The third-order valence-corrected chi connectivity index (χ3v) is 6.40. The Morgan fingerprint density at radius 1 is 1.06 bits per heavy atom. The molecule has 0 aliphatic rings. The van der Waals surface area contributed by atoms with Crippen LogP contribution in [0.3, 0.4) is 0 Å². The van der Waals surface area contributed by atoms with Crippen LogP contribution >= 0.6 is 55.1 Å². The molecule has 1 N–H and O–H groups in total. The Kier molecular flexibility index (Phi) is 8.55. The van der Waals surface area contributed by atoms with E-state index in [2.05, 4.69) is 43.2 Å². The summed E-state index contributed by atoms with van der Waals surface area (Å²) < 4.78 is 7.11. The van der Waals surface area contributed by atoms with Crippen LogP contribution < -0.4 is 10.1 Å². The van der Waals surface area contributed by atoms with Crippen LogP contribution in [0.25, 0.3) is 6.08 Å². The van der Waals surface area contributed by atoms with Crippen LogP contribution in [0.2, 0.25) is 10.0 Å². The predicted octanol–water partition coefficient (Wildman–Crippen LogP) is 7.51. The number of amides is 1. The minimum atomic E-state index is -0.623. The van der Waals surface area contributed by atoms with E-state index in [4.69, 9.17) is 27.9 Å². The lowest BCUT2D eigenvalue weighted by Gasteiger charge is -2.12. The Hall–Kier alpha value is -2.81. The van der Waals surface area contributed by atoms with E-state index in [0.717, 1.165) is 5.56 Å². The van der Waals surface area contributed by atoms with Gasteiger partial charge in [0.25, 0.3) is 5.91 Å². The highest BCUT2D eigenvalue weighted by Crippen LogP contribution is 2.36. The number of rotatable bonds is 6. The Balaban J connectivity index is 1.81. The number of halogens is 4. The van der Waals surface area contributed by atoms with Gasteiger partial charge in [-0.1, -0.05) is 47.5 Å². The monoisotopic (exact) mass is 603 g/mol. The second-order valence-electron chi connectivity index (χ2n) is 6.60. The van der Waals surface area contributed by atoms with Crippen LogP contribution in [-0.4, -0.2) is 5.91 Å². The van der Waals surface area contributed by atoms with Gasteiger partial charge in [0.05, 0.1) is 36.3 Å². The molecule has 0 fully saturated rings. The minimum absolute atomic E-state index is 0.124. The molecule has 164 valence electrons. The summed E-state index contributed by atoms with van der Waals surface area (Å²) >= 11 is 19.0. The molecule has 3 aromatic rings. The fraction of sp³-hybridized carbons (Fsp3) is 0.0417.